The van der Waals surface area contributed by atoms with E-state index in [4.69, 9.17) is 9.47 Å². The maximum absolute atomic E-state index is 12.4. The minimum Gasteiger partial charge on any atom is -0.492 e. The smallest absolute Gasteiger partial charge is 0.313 e. The van der Waals surface area contributed by atoms with E-state index in [0.29, 0.717) is 24.1 Å². The summed E-state index contributed by atoms with van der Waals surface area (Å²) in [5.74, 6) is -0.0280. The SMILES string of the molecule is CCOc1cc2c(cc1NC(=O)C(=O)NC1CCN(C(C)C)C1)OC(C)C2. The summed E-state index contributed by atoms with van der Waals surface area (Å²) in [6.07, 6.45) is 1.75. The molecule has 2 N–H and O–H groups in total. The van der Waals surface area contributed by atoms with Crippen LogP contribution < -0.4 is 20.1 Å². The van der Waals surface area contributed by atoms with Gasteiger partial charge in [0.15, 0.2) is 0 Å². The highest BCUT2D eigenvalue weighted by Gasteiger charge is 2.28. The Hall–Kier alpha value is -2.28. The fraction of sp³-hybridized carbons (Fsp3) is 0.600. The predicted octanol–water partition coefficient (Wildman–Crippen LogP) is 1.95. The van der Waals surface area contributed by atoms with Gasteiger partial charge < -0.3 is 20.1 Å². The number of carbonyl (C=O) groups excluding carboxylic acids is 2. The molecule has 0 bridgehead atoms. The summed E-state index contributed by atoms with van der Waals surface area (Å²) in [5.41, 5.74) is 1.51. The Morgan fingerprint density at radius 1 is 1.33 bits per heavy atom. The number of benzene rings is 1. The van der Waals surface area contributed by atoms with Crippen LogP contribution in [0.25, 0.3) is 0 Å². The number of carbonyl (C=O) groups is 2. The molecule has 1 aromatic carbocycles. The van der Waals surface area contributed by atoms with E-state index in [1.54, 1.807) is 6.07 Å². The zero-order valence-corrected chi connectivity index (χ0v) is 16.5. The van der Waals surface area contributed by atoms with Crippen molar-refractivity contribution in [1.29, 1.82) is 0 Å². The van der Waals surface area contributed by atoms with Crippen LogP contribution in [0.15, 0.2) is 12.1 Å². The number of nitrogens with one attached hydrogen (secondary N) is 2. The Morgan fingerprint density at radius 2 is 2.11 bits per heavy atom. The van der Waals surface area contributed by atoms with Gasteiger partial charge in [0.05, 0.1) is 12.3 Å². The number of amides is 2. The number of hydrogen-bond donors (Lipinski definition) is 2. The van der Waals surface area contributed by atoms with E-state index < -0.39 is 11.8 Å². The number of likely N-dealkylation sites (tertiary alicyclic amines) is 1. The van der Waals surface area contributed by atoms with E-state index in [9.17, 15) is 9.59 Å². The van der Waals surface area contributed by atoms with Crippen molar-refractivity contribution < 1.29 is 19.1 Å². The van der Waals surface area contributed by atoms with Crippen molar-refractivity contribution in [1.82, 2.24) is 10.2 Å². The van der Waals surface area contributed by atoms with Crippen LogP contribution in [0.4, 0.5) is 5.69 Å². The molecule has 2 heterocycles. The van der Waals surface area contributed by atoms with Crippen molar-refractivity contribution in [2.75, 3.05) is 25.0 Å². The van der Waals surface area contributed by atoms with E-state index in [0.717, 1.165) is 37.2 Å². The molecular weight excluding hydrogens is 346 g/mol. The molecule has 0 spiro atoms. The Bertz CT molecular complexity index is 719. The zero-order chi connectivity index (χ0) is 19.6. The summed E-state index contributed by atoms with van der Waals surface area (Å²) in [5, 5.41) is 5.51. The van der Waals surface area contributed by atoms with Crippen molar-refractivity contribution in [2.45, 2.75) is 58.7 Å². The molecule has 1 saturated heterocycles. The molecular formula is C20H29N3O4. The first kappa shape index (κ1) is 19.5. The quantitative estimate of drug-likeness (QED) is 0.769. The van der Waals surface area contributed by atoms with E-state index in [-0.39, 0.29) is 12.1 Å². The van der Waals surface area contributed by atoms with Crippen LogP contribution in [0.1, 0.15) is 39.7 Å². The summed E-state index contributed by atoms with van der Waals surface area (Å²) in [6, 6.07) is 4.06. The van der Waals surface area contributed by atoms with E-state index in [1.165, 1.54) is 0 Å². The largest absolute Gasteiger partial charge is 0.492 e. The van der Waals surface area contributed by atoms with Crippen LogP contribution in [0.5, 0.6) is 11.5 Å². The fourth-order valence-corrected chi connectivity index (χ4v) is 3.62. The first-order valence-electron chi connectivity index (χ1n) is 9.69. The lowest BCUT2D eigenvalue weighted by molar-refractivity contribution is -0.136. The molecule has 3 rings (SSSR count). The summed E-state index contributed by atoms with van der Waals surface area (Å²) >= 11 is 0. The van der Waals surface area contributed by atoms with Crippen LogP contribution in [0.2, 0.25) is 0 Å². The molecule has 1 fully saturated rings. The number of ether oxygens (including phenoxy) is 2. The number of rotatable bonds is 5. The van der Waals surface area contributed by atoms with Crippen molar-refractivity contribution in [2.24, 2.45) is 0 Å². The molecule has 0 aromatic heterocycles. The van der Waals surface area contributed by atoms with Gasteiger partial charge in [0.25, 0.3) is 0 Å². The molecule has 1 aromatic rings. The molecule has 2 aliphatic rings. The molecule has 7 heteroatoms. The standard InChI is InChI=1S/C20H29N3O4/c1-5-26-18-9-14-8-13(4)27-17(14)10-16(18)22-20(25)19(24)21-15-6-7-23(11-15)12(2)3/h9-10,12-13,15H,5-8,11H2,1-4H3,(H,21,24)(H,22,25). The molecule has 2 atom stereocenters. The van der Waals surface area contributed by atoms with Gasteiger partial charge in [-0.2, -0.15) is 0 Å². The lowest BCUT2D eigenvalue weighted by Gasteiger charge is -2.20. The van der Waals surface area contributed by atoms with Crippen molar-refractivity contribution in [3.05, 3.63) is 17.7 Å². The second-order valence-corrected chi connectivity index (χ2v) is 7.52. The van der Waals surface area contributed by atoms with Gasteiger partial charge in [-0.1, -0.05) is 0 Å². The monoisotopic (exact) mass is 375 g/mol. The number of hydrogen-bond acceptors (Lipinski definition) is 5. The summed E-state index contributed by atoms with van der Waals surface area (Å²) in [6.45, 7) is 10.3. The minimum absolute atomic E-state index is 0.00113. The van der Waals surface area contributed by atoms with Gasteiger partial charge in [0.2, 0.25) is 0 Å². The van der Waals surface area contributed by atoms with E-state index >= 15 is 0 Å². The van der Waals surface area contributed by atoms with E-state index in [2.05, 4.69) is 29.4 Å². The summed E-state index contributed by atoms with van der Waals surface area (Å²) < 4.78 is 11.4. The predicted molar refractivity (Wildman–Crippen MR) is 103 cm³/mol. The molecule has 7 nitrogen and oxygen atoms in total. The molecule has 148 valence electrons. The first-order valence-corrected chi connectivity index (χ1v) is 9.69. The van der Waals surface area contributed by atoms with Crippen LogP contribution in [-0.4, -0.2) is 54.6 Å². The number of fused-ring (bicyclic) bond motifs is 1. The van der Waals surface area contributed by atoms with Crippen LogP contribution in [-0.2, 0) is 16.0 Å². The summed E-state index contributed by atoms with van der Waals surface area (Å²) in [7, 11) is 0. The normalized spacial score (nSPS) is 21.7. The minimum atomic E-state index is -0.690. The lowest BCUT2D eigenvalue weighted by atomic mass is 10.1. The maximum Gasteiger partial charge on any atom is 0.313 e. The van der Waals surface area contributed by atoms with Crippen LogP contribution >= 0.6 is 0 Å². The molecule has 2 amide bonds. The van der Waals surface area contributed by atoms with Crippen LogP contribution in [0.3, 0.4) is 0 Å². The molecule has 0 saturated carbocycles. The van der Waals surface area contributed by atoms with Gasteiger partial charge in [-0.3, -0.25) is 14.5 Å². The van der Waals surface area contributed by atoms with Gasteiger partial charge in [0.1, 0.15) is 17.6 Å². The lowest BCUT2D eigenvalue weighted by Crippen LogP contribution is -2.43. The van der Waals surface area contributed by atoms with Gasteiger partial charge in [-0.25, -0.2) is 0 Å². The second-order valence-electron chi connectivity index (χ2n) is 7.52. The average Bonchev–Trinajstić information content (AvgIpc) is 3.20. The Balaban J connectivity index is 1.65. The maximum atomic E-state index is 12.4. The molecule has 2 unspecified atom stereocenters. The first-order chi connectivity index (χ1) is 12.9. The second kappa shape index (κ2) is 8.17. The average molecular weight is 375 g/mol. The topological polar surface area (TPSA) is 79.9 Å². The fourth-order valence-electron chi connectivity index (χ4n) is 3.62. The molecule has 27 heavy (non-hydrogen) atoms. The van der Waals surface area contributed by atoms with E-state index in [1.807, 2.05) is 19.9 Å². The van der Waals surface area contributed by atoms with Crippen molar-refractivity contribution >= 4 is 17.5 Å². The van der Waals surface area contributed by atoms with Crippen LogP contribution in [0, 0.1) is 0 Å². The third-order valence-corrected chi connectivity index (χ3v) is 5.04. The Labute approximate surface area is 160 Å². The Morgan fingerprint density at radius 3 is 2.78 bits per heavy atom. The Kier molecular flexibility index (Phi) is 5.89. The van der Waals surface area contributed by atoms with Gasteiger partial charge in [-0.05, 0) is 40.2 Å². The molecule has 0 radical (unpaired) electrons. The van der Waals surface area contributed by atoms with Gasteiger partial charge >= 0.3 is 11.8 Å². The number of nitrogens with zero attached hydrogens (tertiary/aromatic N) is 1. The highest BCUT2D eigenvalue weighted by Crippen LogP contribution is 2.38. The highest BCUT2D eigenvalue weighted by molar-refractivity contribution is 6.39. The third kappa shape index (κ3) is 4.53. The third-order valence-electron chi connectivity index (χ3n) is 5.04. The van der Waals surface area contributed by atoms with Crippen molar-refractivity contribution in [3.8, 4) is 11.5 Å². The molecule has 0 aliphatic carbocycles. The van der Waals surface area contributed by atoms with Crippen molar-refractivity contribution in [3.63, 3.8) is 0 Å². The number of anilines is 1. The highest BCUT2D eigenvalue weighted by atomic mass is 16.5. The summed E-state index contributed by atoms with van der Waals surface area (Å²) in [4.78, 5) is 27.0. The van der Waals surface area contributed by atoms with Gasteiger partial charge in [0, 0.05) is 43.2 Å². The van der Waals surface area contributed by atoms with Gasteiger partial charge in [-0.15, -0.1) is 0 Å². The molecule has 2 aliphatic heterocycles. The zero-order valence-electron chi connectivity index (χ0n) is 16.5.